The van der Waals surface area contributed by atoms with Crippen molar-refractivity contribution < 1.29 is 5.11 Å². The second kappa shape index (κ2) is 3.31. The van der Waals surface area contributed by atoms with Gasteiger partial charge in [-0.1, -0.05) is 12.1 Å². The average Bonchev–Trinajstić information content (AvgIpc) is 2.45. The highest BCUT2D eigenvalue weighted by molar-refractivity contribution is 7.15. The van der Waals surface area contributed by atoms with Gasteiger partial charge < -0.3 is 10.8 Å². The Morgan fingerprint density at radius 3 is 2.79 bits per heavy atom. The van der Waals surface area contributed by atoms with E-state index in [0.29, 0.717) is 5.13 Å². The molecule has 0 spiro atoms. The van der Waals surface area contributed by atoms with E-state index >= 15 is 0 Å². The predicted molar refractivity (Wildman–Crippen MR) is 58.4 cm³/mol. The Kier molecular flexibility index (Phi) is 2.13. The molecule has 0 amide bonds. The van der Waals surface area contributed by atoms with Crippen LogP contribution in [0.4, 0.5) is 5.13 Å². The molecule has 1 heterocycles. The number of aromatic nitrogens is 1. The SMILES string of the molecule is Cc1sc(N)nc1-c1cccc(O)c1. The highest BCUT2D eigenvalue weighted by atomic mass is 32.1. The number of rotatable bonds is 1. The first-order valence-electron chi connectivity index (χ1n) is 4.19. The van der Waals surface area contributed by atoms with Gasteiger partial charge in [0, 0.05) is 10.4 Å². The number of thiazole rings is 1. The molecule has 14 heavy (non-hydrogen) atoms. The molecule has 0 atom stereocenters. The minimum atomic E-state index is 0.244. The van der Waals surface area contributed by atoms with Gasteiger partial charge in [0.2, 0.25) is 0 Å². The van der Waals surface area contributed by atoms with Crippen LogP contribution in [-0.4, -0.2) is 10.1 Å². The van der Waals surface area contributed by atoms with Crippen LogP contribution in [0.25, 0.3) is 11.3 Å². The zero-order valence-corrected chi connectivity index (χ0v) is 8.51. The van der Waals surface area contributed by atoms with Crippen molar-refractivity contribution in [2.24, 2.45) is 0 Å². The van der Waals surface area contributed by atoms with Crippen LogP contribution in [0, 0.1) is 6.92 Å². The van der Waals surface area contributed by atoms with Gasteiger partial charge in [-0.2, -0.15) is 0 Å². The van der Waals surface area contributed by atoms with Gasteiger partial charge in [0.1, 0.15) is 5.75 Å². The summed E-state index contributed by atoms with van der Waals surface area (Å²) >= 11 is 1.45. The summed E-state index contributed by atoms with van der Waals surface area (Å²) in [7, 11) is 0. The fourth-order valence-electron chi connectivity index (χ4n) is 1.34. The molecular formula is C10H10N2OS. The predicted octanol–water partition coefficient (Wildman–Crippen LogP) is 2.41. The van der Waals surface area contributed by atoms with Crippen LogP contribution >= 0.6 is 11.3 Å². The molecule has 0 saturated heterocycles. The van der Waals surface area contributed by atoms with Gasteiger partial charge in [-0.25, -0.2) is 4.98 Å². The van der Waals surface area contributed by atoms with E-state index in [0.717, 1.165) is 16.1 Å². The third kappa shape index (κ3) is 1.56. The molecule has 72 valence electrons. The van der Waals surface area contributed by atoms with Crippen LogP contribution in [0.2, 0.25) is 0 Å². The van der Waals surface area contributed by atoms with Crippen LogP contribution < -0.4 is 5.73 Å². The van der Waals surface area contributed by atoms with E-state index in [1.165, 1.54) is 11.3 Å². The first kappa shape index (κ1) is 9.02. The number of nitrogen functional groups attached to an aromatic ring is 1. The molecule has 4 heteroatoms. The maximum Gasteiger partial charge on any atom is 0.180 e. The molecule has 0 aliphatic rings. The number of nitrogens with two attached hydrogens (primary N) is 1. The summed E-state index contributed by atoms with van der Waals surface area (Å²) in [6.45, 7) is 1.97. The molecule has 0 aliphatic carbocycles. The number of hydrogen-bond donors (Lipinski definition) is 2. The maximum atomic E-state index is 9.32. The van der Waals surface area contributed by atoms with Crippen molar-refractivity contribution in [3.8, 4) is 17.0 Å². The summed E-state index contributed by atoms with van der Waals surface area (Å²) in [5, 5.41) is 9.87. The van der Waals surface area contributed by atoms with Crippen LogP contribution in [0.5, 0.6) is 5.75 Å². The van der Waals surface area contributed by atoms with Crippen LogP contribution in [0.1, 0.15) is 4.88 Å². The van der Waals surface area contributed by atoms with Gasteiger partial charge in [0.05, 0.1) is 5.69 Å². The molecule has 0 unspecified atom stereocenters. The summed E-state index contributed by atoms with van der Waals surface area (Å²) in [5.41, 5.74) is 7.35. The third-order valence-electron chi connectivity index (χ3n) is 1.93. The van der Waals surface area contributed by atoms with Gasteiger partial charge in [0.25, 0.3) is 0 Å². The van der Waals surface area contributed by atoms with Crippen LogP contribution in [0.15, 0.2) is 24.3 Å². The van der Waals surface area contributed by atoms with Gasteiger partial charge in [0.15, 0.2) is 5.13 Å². The summed E-state index contributed by atoms with van der Waals surface area (Å²) in [4.78, 5) is 5.27. The molecule has 0 radical (unpaired) electrons. The molecule has 0 saturated carbocycles. The van der Waals surface area contributed by atoms with Crippen molar-refractivity contribution in [2.45, 2.75) is 6.92 Å². The second-order valence-corrected chi connectivity index (χ2v) is 4.24. The minimum Gasteiger partial charge on any atom is -0.508 e. The van der Waals surface area contributed by atoms with E-state index in [9.17, 15) is 5.11 Å². The first-order chi connectivity index (χ1) is 6.66. The van der Waals surface area contributed by atoms with E-state index in [4.69, 9.17) is 5.73 Å². The molecule has 3 nitrogen and oxygen atoms in total. The fraction of sp³-hybridized carbons (Fsp3) is 0.100. The topological polar surface area (TPSA) is 59.1 Å². The van der Waals surface area contributed by atoms with Crippen molar-refractivity contribution >= 4 is 16.5 Å². The van der Waals surface area contributed by atoms with E-state index in [1.807, 2.05) is 13.0 Å². The van der Waals surface area contributed by atoms with E-state index in [1.54, 1.807) is 18.2 Å². The smallest absolute Gasteiger partial charge is 0.180 e. The van der Waals surface area contributed by atoms with Crippen molar-refractivity contribution in [1.82, 2.24) is 4.98 Å². The molecule has 0 fully saturated rings. The van der Waals surface area contributed by atoms with Crippen molar-refractivity contribution in [3.05, 3.63) is 29.1 Å². The number of aromatic hydroxyl groups is 1. The maximum absolute atomic E-state index is 9.32. The highest BCUT2D eigenvalue weighted by Crippen LogP contribution is 2.30. The normalized spacial score (nSPS) is 10.4. The Balaban J connectivity index is 2.54. The van der Waals surface area contributed by atoms with Crippen LogP contribution in [-0.2, 0) is 0 Å². The molecule has 1 aromatic heterocycles. The van der Waals surface area contributed by atoms with Gasteiger partial charge in [-0.15, -0.1) is 11.3 Å². The number of anilines is 1. The van der Waals surface area contributed by atoms with E-state index in [-0.39, 0.29) is 5.75 Å². The number of aryl methyl sites for hydroxylation is 1. The average molecular weight is 206 g/mol. The van der Waals surface area contributed by atoms with E-state index < -0.39 is 0 Å². The summed E-state index contributed by atoms with van der Waals surface area (Å²) < 4.78 is 0. The number of hydrogen-bond acceptors (Lipinski definition) is 4. The Bertz CT molecular complexity index is 465. The Labute approximate surface area is 85.8 Å². The standard InChI is InChI=1S/C10H10N2OS/c1-6-9(12-10(11)14-6)7-3-2-4-8(13)5-7/h2-5,13H,1H3,(H2,11,12). The lowest BCUT2D eigenvalue weighted by atomic mass is 10.1. The van der Waals surface area contributed by atoms with E-state index in [2.05, 4.69) is 4.98 Å². The van der Waals surface area contributed by atoms with Crippen molar-refractivity contribution in [1.29, 1.82) is 0 Å². The summed E-state index contributed by atoms with van der Waals surface area (Å²) in [6.07, 6.45) is 0. The van der Waals surface area contributed by atoms with Crippen LogP contribution in [0.3, 0.4) is 0 Å². The molecule has 1 aromatic carbocycles. The molecule has 0 aliphatic heterocycles. The molecule has 2 aromatic rings. The monoisotopic (exact) mass is 206 g/mol. The minimum absolute atomic E-state index is 0.244. The van der Waals surface area contributed by atoms with Gasteiger partial charge >= 0.3 is 0 Å². The zero-order valence-electron chi connectivity index (χ0n) is 7.69. The van der Waals surface area contributed by atoms with Gasteiger partial charge in [-0.3, -0.25) is 0 Å². The number of phenols is 1. The quantitative estimate of drug-likeness (QED) is 0.753. The summed E-state index contributed by atoms with van der Waals surface area (Å²) in [5.74, 6) is 0.244. The highest BCUT2D eigenvalue weighted by Gasteiger charge is 2.07. The zero-order chi connectivity index (χ0) is 10.1. The Morgan fingerprint density at radius 2 is 2.21 bits per heavy atom. The lowest BCUT2D eigenvalue weighted by molar-refractivity contribution is 0.475. The third-order valence-corrected chi connectivity index (χ3v) is 2.73. The summed E-state index contributed by atoms with van der Waals surface area (Å²) in [6, 6.07) is 7.01. The molecule has 0 bridgehead atoms. The second-order valence-electron chi connectivity index (χ2n) is 3.01. The lowest BCUT2D eigenvalue weighted by Gasteiger charge is -1.98. The Morgan fingerprint density at radius 1 is 1.43 bits per heavy atom. The van der Waals surface area contributed by atoms with Crippen molar-refractivity contribution in [3.63, 3.8) is 0 Å². The molecular weight excluding hydrogens is 196 g/mol. The molecule has 2 rings (SSSR count). The molecule has 3 N–H and O–H groups in total. The largest absolute Gasteiger partial charge is 0.508 e. The van der Waals surface area contributed by atoms with Crippen molar-refractivity contribution in [2.75, 3.05) is 5.73 Å². The van der Waals surface area contributed by atoms with Gasteiger partial charge in [-0.05, 0) is 19.1 Å². The first-order valence-corrected chi connectivity index (χ1v) is 5.01. The Hall–Kier alpha value is -1.55. The number of benzene rings is 1. The lowest BCUT2D eigenvalue weighted by Crippen LogP contribution is -1.83. The number of nitrogens with zero attached hydrogens (tertiary/aromatic N) is 1. The fourth-order valence-corrected chi connectivity index (χ4v) is 2.05. The number of phenolic OH excluding ortho intramolecular Hbond substituents is 1.